The predicted molar refractivity (Wildman–Crippen MR) is 100 cm³/mol. The Morgan fingerprint density at radius 1 is 0.920 bits per heavy atom. The van der Waals surface area contributed by atoms with Gasteiger partial charge in [-0.25, -0.2) is 0 Å². The molecule has 0 saturated heterocycles. The van der Waals surface area contributed by atoms with Crippen LogP contribution >= 0.6 is 0 Å². The van der Waals surface area contributed by atoms with Gasteiger partial charge in [0, 0.05) is 50.2 Å². The zero-order valence-corrected chi connectivity index (χ0v) is 13.4. The Labute approximate surface area is 143 Å². The second-order valence-electron chi connectivity index (χ2n) is 6.20. The van der Waals surface area contributed by atoms with Gasteiger partial charge in [-0.05, 0) is 18.2 Å². The van der Waals surface area contributed by atoms with Gasteiger partial charge in [0.25, 0.3) is 5.91 Å². The largest absolute Gasteiger partial charge is 0.360 e. The van der Waals surface area contributed by atoms with E-state index >= 15 is 0 Å². The quantitative estimate of drug-likeness (QED) is 0.495. The maximum Gasteiger partial charge on any atom is 0.257 e. The molecule has 3 heterocycles. The van der Waals surface area contributed by atoms with Crippen LogP contribution in [0.3, 0.4) is 0 Å². The van der Waals surface area contributed by atoms with Crippen molar-refractivity contribution < 1.29 is 4.79 Å². The fourth-order valence-electron chi connectivity index (χ4n) is 3.54. The van der Waals surface area contributed by atoms with Crippen LogP contribution < -0.4 is 15.9 Å². The van der Waals surface area contributed by atoms with E-state index in [0.717, 1.165) is 44.0 Å². The summed E-state index contributed by atoms with van der Waals surface area (Å²) in [6.07, 6.45) is 1.98. The molecule has 1 aliphatic rings. The molecule has 0 unspecified atom stereocenters. The Morgan fingerprint density at radius 3 is 2.64 bits per heavy atom. The molecule has 4 heteroatoms. The fourth-order valence-corrected chi connectivity index (χ4v) is 3.54. The van der Waals surface area contributed by atoms with Gasteiger partial charge in [0.2, 0.25) is 0 Å². The molecule has 5 rings (SSSR count). The van der Waals surface area contributed by atoms with Crippen molar-refractivity contribution in [2.45, 2.75) is 0 Å². The molecule has 120 valence electrons. The first-order valence-corrected chi connectivity index (χ1v) is 8.12. The summed E-state index contributed by atoms with van der Waals surface area (Å²) in [4.78, 5) is 19.1. The summed E-state index contributed by atoms with van der Waals surface area (Å²) in [5.41, 5.74) is 5.53. The third-order valence-corrected chi connectivity index (χ3v) is 4.72. The molecule has 4 nitrogen and oxygen atoms in total. The molecule has 0 bridgehead atoms. The highest BCUT2D eigenvalue weighted by Gasteiger charge is 2.24. The average Bonchev–Trinajstić information content (AvgIpc) is 3.29. The molecule has 4 aromatic rings. The van der Waals surface area contributed by atoms with Gasteiger partial charge in [-0.1, -0.05) is 43.0 Å². The molecule has 0 atom stereocenters. The van der Waals surface area contributed by atoms with Crippen molar-refractivity contribution in [3.8, 4) is 11.3 Å². The van der Waals surface area contributed by atoms with Crippen LogP contribution in [0.5, 0.6) is 0 Å². The van der Waals surface area contributed by atoms with E-state index in [4.69, 9.17) is 0 Å². The lowest BCUT2D eigenvalue weighted by Crippen LogP contribution is -2.26. The molecule has 0 saturated carbocycles. The molecule has 0 radical (unpaired) electrons. The summed E-state index contributed by atoms with van der Waals surface area (Å²) >= 11 is 0. The highest BCUT2D eigenvalue weighted by Crippen LogP contribution is 2.30. The molecule has 1 amide bonds. The minimum atomic E-state index is -0.0874. The van der Waals surface area contributed by atoms with Crippen LogP contribution in [-0.2, 0) is 4.79 Å². The number of anilines is 1. The summed E-state index contributed by atoms with van der Waals surface area (Å²) < 4.78 is 0. The summed E-state index contributed by atoms with van der Waals surface area (Å²) in [6.45, 7) is 4.12. The summed E-state index contributed by atoms with van der Waals surface area (Å²) in [5, 5.41) is 5.63. The van der Waals surface area contributed by atoms with Gasteiger partial charge < -0.3 is 15.3 Å². The zero-order chi connectivity index (χ0) is 17.0. The summed E-state index contributed by atoms with van der Waals surface area (Å²) in [6, 6.07) is 17.9. The summed E-state index contributed by atoms with van der Waals surface area (Å²) in [5.74, 6) is -0.0874. The first-order valence-electron chi connectivity index (χ1n) is 8.12. The van der Waals surface area contributed by atoms with Crippen molar-refractivity contribution in [3.05, 3.63) is 76.9 Å². The Morgan fingerprint density at radius 2 is 1.72 bits per heavy atom. The molecule has 25 heavy (non-hydrogen) atoms. The maximum atomic E-state index is 12.5. The van der Waals surface area contributed by atoms with Crippen molar-refractivity contribution in [2.75, 3.05) is 5.32 Å². The number of carbonyl (C=O) groups excluding carboxylic acids is 1. The van der Waals surface area contributed by atoms with E-state index in [0.29, 0.717) is 5.57 Å². The number of carbonyl (C=O) groups is 1. The number of rotatable bonds is 1. The third kappa shape index (κ3) is 1.97. The van der Waals surface area contributed by atoms with Gasteiger partial charge in [-0.2, -0.15) is 0 Å². The van der Waals surface area contributed by atoms with E-state index < -0.39 is 0 Å². The number of aromatic amines is 2. The molecule has 0 aliphatic carbocycles. The normalized spacial score (nSPS) is 15.4. The van der Waals surface area contributed by atoms with E-state index in [1.807, 2.05) is 54.7 Å². The van der Waals surface area contributed by atoms with Gasteiger partial charge in [0.05, 0.1) is 5.57 Å². The smallest absolute Gasteiger partial charge is 0.257 e. The van der Waals surface area contributed by atoms with Crippen molar-refractivity contribution in [1.82, 2.24) is 9.97 Å². The van der Waals surface area contributed by atoms with E-state index in [2.05, 4.69) is 27.9 Å². The molecule has 3 N–H and O–H groups in total. The monoisotopic (exact) mass is 325 g/mol. The van der Waals surface area contributed by atoms with E-state index in [9.17, 15) is 4.79 Å². The van der Waals surface area contributed by atoms with E-state index in [-0.39, 0.29) is 5.91 Å². The van der Waals surface area contributed by atoms with Gasteiger partial charge in [0.15, 0.2) is 0 Å². The van der Waals surface area contributed by atoms with Crippen molar-refractivity contribution in [1.29, 1.82) is 0 Å². The Bertz CT molecular complexity index is 1260. The number of hydrogen-bond acceptors (Lipinski definition) is 1. The zero-order valence-electron chi connectivity index (χ0n) is 13.4. The van der Waals surface area contributed by atoms with Crippen LogP contribution in [-0.4, -0.2) is 15.9 Å². The fraction of sp³-hybridized carbons (Fsp3) is 0. The number of amides is 1. The van der Waals surface area contributed by atoms with E-state index in [1.165, 1.54) is 0 Å². The topological polar surface area (TPSA) is 60.7 Å². The second-order valence-corrected chi connectivity index (χ2v) is 6.20. The number of para-hydroxylation sites is 2. The van der Waals surface area contributed by atoms with E-state index in [1.54, 1.807) is 0 Å². The lowest BCUT2D eigenvalue weighted by Gasteiger charge is -1.95. The molecule has 2 aromatic heterocycles. The molecule has 1 aliphatic heterocycles. The first-order chi connectivity index (χ1) is 12.2. The lowest BCUT2D eigenvalue weighted by molar-refractivity contribution is -0.110. The van der Waals surface area contributed by atoms with Gasteiger partial charge >= 0.3 is 0 Å². The number of fused-ring (bicyclic) bond motifs is 2. The van der Waals surface area contributed by atoms with Gasteiger partial charge in [0.1, 0.15) is 0 Å². The third-order valence-electron chi connectivity index (χ3n) is 4.72. The standard InChI is InChI=1S/C21H15N3O/c1-12-15(20-14-7-3-5-9-18(14)24-21(20)25)10-19(23-12)16-11-22-17-8-4-2-6-13(16)17/h2-11,22-23H,1H2,(H,24,25)/b20-15+. The minimum absolute atomic E-state index is 0.0874. The number of nitrogens with one attached hydrogen (secondary N) is 3. The molecular formula is C21H15N3O. The number of H-pyrrole nitrogens is 2. The molecule has 0 fully saturated rings. The number of aromatic nitrogens is 2. The van der Waals surface area contributed by atoms with Crippen LogP contribution in [0.1, 0.15) is 5.56 Å². The summed E-state index contributed by atoms with van der Waals surface area (Å²) in [7, 11) is 0. The molecule has 2 aromatic carbocycles. The van der Waals surface area contributed by atoms with Gasteiger partial charge in [-0.15, -0.1) is 0 Å². The average molecular weight is 325 g/mol. The van der Waals surface area contributed by atoms with Crippen molar-refractivity contribution >= 4 is 34.6 Å². The molecule has 0 spiro atoms. The Kier molecular flexibility index (Phi) is 2.76. The highest BCUT2D eigenvalue weighted by atomic mass is 16.2. The number of hydrogen-bond donors (Lipinski definition) is 3. The highest BCUT2D eigenvalue weighted by molar-refractivity contribution is 6.31. The van der Waals surface area contributed by atoms with Crippen LogP contribution in [0, 0.1) is 0 Å². The first kappa shape index (κ1) is 13.9. The van der Waals surface area contributed by atoms with Crippen molar-refractivity contribution in [2.24, 2.45) is 0 Å². The van der Waals surface area contributed by atoms with Crippen LogP contribution in [0.2, 0.25) is 0 Å². The SMILES string of the molecule is C=c1[nH]c(-c2c[nH]c3ccccc23)c/c1=C1\C(=O)Nc2ccccc21. The van der Waals surface area contributed by atoms with Crippen LogP contribution in [0.4, 0.5) is 5.69 Å². The van der Waals surface area contributed by atoms with Crippen molar-refractivity contribution in [3.63, 3.8) is 0 Å². The second kappa shape index (κ2) is 4.98. The minimum Gasteiger partial charge on any atom is -0.360 e. The van der Waals surface area contributed by atoms with Gasteiger partial charge in [-0.3, -0.25) is 4.79 Å². The van der Waals surface area contributed by atoms with Crippen LogP contribution in [0.15, 0.2) is 60.8 Å². The predicted octanol–water partition coefficient (Wildman–Crippen LogP) is 2.72. The number of benzene rings is 2. The molecular weight excluding hydrogens is 310 g/mol. The maximum absolute atomic E-state index is 12.5. The Balaban J connectivity index is 1.79. The van der Waals surface area contributed by atoms with Crippen LogP contribution in [0.25, 0.3) is 34.3 Å². The Hall–Kier alpha value is -3.53. The lowest BCUT2D eigenvalue weighted by atomic mass is 10.0.